The molecule has 0 saturated heterocycles. The van der Waals surface area contributed by atoms with Gasteiger partial charge in [-0.25, -0.2) is 4.57 Å². The second-order valence-corrected chi connectivity index (χ2v) is 24.6. The van der Waals surface area contributed by atoms with Crippen molar-refractivity contribution in [3.8, 4) is 0 Å². The number of ether oxygens (including phenoxy) is 2. The SMILES string of the molecule is CCCCCCCCCC/C=C\CCCCCCCCCCCCCCCCCC(=O)OC(COC(=O)CCCCCCCCCCCCCCCCCCCCCCCC)COP(=O)(O)OCC[N+](C)(C)C. The standard InChI is InChI=1S/C63H124NO8P/c1-6-8-10-12-14-16-18-20-22-24-26-28-30-31-32-33-34-36-38-40-42-44-46-48-50-52-54-56-63(66)72-61(60-71-73(67,68)70-58-57-64(3,4)5)59-69-62(65)55-53-51-49-47-45-43-41-39-37-35-29-27-25-23-21-19-17-15-13-11-9-7-2/h24,26,61H,6-23,25,27-60H2,1-5H3/p+1/b26-24-. The van der Waals surface area contributed by atoms with E-state index in [0.29, 0.717) is 23.9 Å². The van der Waals surface area contributed by atoms with Crippen molar-refractivity contribution in [3.05, 3.63) is 12.2 Å². The van der Waals surface area contributed by atoms with Gasteiger partial charge in [0.05, 0.1) is 27.7 Å². The molecule has 10 heteroatoms. The summed E-state index contributed by atoms with van der Waals surface area (Å²) in [6, 6.07) is 0. The van der Waals surface area contributed by atoms with E-state index in [-0.39, 0.29) is 25.6 Å². The van der Waals surface area contributed by atoms with Gasteiger partial charge in [-0.05, 0) is 38.5 Å². The largest absolute Gasteiger partial charge is 0.472 e. The van der Waals surface area contributed by atoms with Gasteiger partial charge in [-0.3, -0.25) is 18.6 Å². The van der Waals surface area contributed by atoms with Crippen molar-refractivity contribution in [1.82, 2.24) is 0 Å². The number of carbonyl (C=O) groups excluding carboxylic acids is 2. The van der Waals surface area contributed by atoms with Crippen molar-refractivity contribution in [2.75, 3.05) is 47.5 Å². The highest BCUT2D eigenvalue weighted by atomic mass is 31.2. The van der Waals surface area contributed by atoms with E-state index >= 15 is 0 Å². The molecule has 434 valence electrons. The minimum Gasteiger partial charge on any atom is -0.462 e. The first-order valence-corrected chi connectivity index (χ1v) is 33.4. The van der Waals surface area contributed by atoms with E-state index in [9.17, 15) is 19.0 Å². The molecular weight excluding hydrogens is 930 g/mol. The number of hydrogen-bond acceptors (Lipinski definition) is 7. The lowest BCUT2D eigenvalue weighted by Gasteiger charge is -2.24. The molecule has 0 fully saturated rings. The Balaban J connectivity index is 4.05. The minimum absolute atomic E-state index is 0.0362. The third-order valence-corrected chi connectivity index (χ3v) is 15.5. The van der Waals surface area contributed by atoms with Crippen molar-refractivity contribution in [2.45, 2.75) is 335 Å². The van der Waals surface area contributed by atoms with Gasteiger partial charge in [0, 0.05) is 12.8 Å². The van der Waals surface area contributed by atoms with Crippen molar-refractivity contribution < 1.29 is 42.1 Å². The number of phosphoric ester groups is 1. The molecule has 0 aromatic heterocycles. The van der Waals surface area contributed by atoms with Crippen LogP contribution >= 0.6 is 7.82 Å². The van der Waals surface area contributed by atoms with Crippen molar-refractivity contribution in [1.29, 1.82) is 0 Å². The first kappa shape index (κ1) is 71.8. The van der Waals surface area contributed by atoms with Crippen LogP contribution in [0, 0.1) is 0 Å². The Morgan fingerprint density at radius 3 is 1.01 bits per heavy atom. The summed E-state index contributed by atoms with van der Waals surface area (Å²) in [4.78, 5) is 35.8. The topological polar surface area (TPSA) is 108 Å². The monoisotopic (exact) mass is 1050 g/mol. The van der Waals surface area contributed by atoms with E-state index in [0.717, 1.165) is 32.1 Å². The molecule has 2 atom stereocenters. The fourth-order valence-electron chi connectivity index (χ4n) is 9.60. The average molecular weight is 1060 g/mol. The molecule has 0 aliphatic carbocycles. The molecule has 1 N–H and O–H groups in total. The number of allylic oxidation sites excluding steroid dienone is 2. The number of carbonyl (C=O) groups is 2. The zero-order valence-corrected chi connectivity index (χ0v) is 50.3. The lowest BCUT2D eigenvalue weighted by Crippen LogP contribution is -2.37. The maximum absolute atomic E-state index is 12.8. The fraction of sp³-hybridized carbons (Fsp3) is 0.937. The quantitative estimate of drug-likeness (QED) is 0.0211. The smallest absolute Gasteiger partial charge is 0.462 e. The Kier molecular flexibility index (Phi) is 54.6. The number of unbranched alkanes of at least 4 members (excludes halogenated alkanes) is 44. The average Bonchev–Trinajstić information content (AvgIpc) is 3.35. The van der Waals surface area contributed by atoms with Gasteiger partial charge in [-0.1, -0.05) is 289 Å². The van der Waals surface area contributed by atoms with Crippen LogP contribution < -0.4 is 0 Å². The molecule has 0 saturated carbocycles. The summed E-state index contributed by atoms with van der Waals surface area (Å²) in [7, 11) is 1.50. The molecule has 0 spiro atoms. The van der Waals surface area contributed by atoms with Gasteiger partial charge < -0.3 is 18.9 Å². The fourth-order valence-corrected chi connectivity index (χ4v) is 10.3. The molecule has 0 aliphatic rings. The van der Waals surface area contributed by atoms with Gasteiger partial charge in [0.1, 0.15) is 19.8 Å². The van der Waals surface area contributed by atoms with E-state index in [2.05, 4.69) is 26.0 Å². The predicted octanol–water partition coefficient (Wildman–Crippen LogP) is 20.0. The Hall–Kier alpha value is -1.25. The van der Waals surface area contributed by atoms with Gasteiger partial charge in [0.15, 0.2) is 6.10 Å². The zero-order chi connectivity index (χ0) is 53.5. The van der Waals surface area contributed by atoms with Gasteiger partial charge in [-0.15, -0.1) is 0 Å². The molecule has 9 nitrogen and oxygen atoms in total. The summed E-state index contributed by atoms with van der Waals surface area (Å²) in [5, 5.41) is 0. The van der Waals surface area contributed by atoms with Crippen LogP contribution in [0.5, 0.6) is 0 Å². The second-order valence-electron chi connectivity index (χ2n) is 23.2. The molecule has 73 heavy (non-hydrogen) atoms. The summed E-state index contributed by atoms with van der Waals surface area (Å²) < 4.78 is 34.7. The summed E-state index contributed by atoms with van der Waals surface area (Å²) >= 11 is 0. The molecular formula is C63H125NO8P+. The number of phosphoric acid groups is 1. The molecule has 0 rings (SSSR count). The summed E-state index contributed by atoms with van der Waals surface area (Å²) in [5.74, 6) is -0.774. The van der Waals surface area contributed by atoms with Crippen molar-refractivity contribution in [2.24, 2.45) is 0 Å². The van der Waals surface area contributed by atoms with Gasteiger partial charge in [-0.2, -0.15) is 0 Å². The van der Waals surface area contributed by atoms with Crippen LogP contribution in [-0.2, 0) is 32.7 Å². The minimum atomic E-state index is -4.38. The van der Waals surface area contributed by atoms with E-state index in [1.807, 2.05) is 21.1 Å². The third-order valence-electron chi connectivity index (χ3n) is 14.5. The van der Waals surface area contributed by atoms with E-state index in [1.165, 1.54) is 263 Å². The highest BCUT2D eigenvalue weighted by Gasteiger charge is 2.27. The van der Waals surface area contributed by atoms with Crippen LogP contribution in [0.2, 0.25) is 0 Å². The van der Waals surface area contributed by atoms with E-state index in [4.69, 9.17) is 18.5 Å². The van der Waals surface area contributed by atoms with Crippen LogP contribution in [0.1, 0.15) is 328 Å². The first-order chi connectivity index (χ1) is 35.5. The number of rotatable bonds is 60. The number of nitrogens with zero attached hydrogens (tertiary/aromatic N) is 1. The van der Waals surface area contributed by atoms with Crippen LogP contribution in [0.3, 0.4) is 0 Å². The summed E-state index contributed by atoms with van der Waals surface area (Å²) in [6.45, 7) is 4.51. The van der Waals surface area contributed by atoms with Crippen LogP contribution in [0.25, 0.3) is 0 Å². The lowest BCUT2D eigenvalue weighted by atomic mass is 10.0. The highest BCUT2D eigenvalue weighted by Crippen LogP contribution is 2.43. The lowest BCUT2D eigenvalue weighted by molar-refractivity contribution is -0.870. The Labute approximate surface area is 454 Å². The maximum Gasteiger partial charge on any atom is 0.472 e. The second kappa shape index (κ2) is 55.5. The molecule has 0 radical (unpaired) electrons. The molecule has 0 bridgehead atoms. The van der Waals surface area contributed by atoms with E-state index < -0.39 is 26.5 Å². The normalized spacial score (nSPS) is 13.2. The molecule has 0 heterocycles. The van der Waals surface area contributed by atoms with Crippen LogP contribution in [0.15, 0.2) is 12.2 Å². The van der Waals surface area contributed by atoms with Crippen molar-refractivity contribution >= 4 is 19.8 Å². The summed E-state index contributed by atoms with van der Waals surface area (Å²) in [6.07, 6.45) is 65.8. The predicted molar refractivity (Wildman–Crippen MR) is 312 cm³/mol. The zero-order valence-electron chi connectivity index (χ0n) is 49.4. The first-order valence-electron chi connectivity index (χ1n) is 31.9. The Morgan fingerprint density at radius 2 is 0.699 bits per heavy atom. The van der Waals surface area contributed by atoms with Gasteiger partial charge >= 0.3 is 19.8 Å². The Bertz CT molecular complexity index is 1240. The van der Waals surface area contributed by atoms with Crippen LogP contribution in [0.4, 0.5) is 0 Å². The number of quaternary nitrogens is 1. The number of likely N-dealkylation sites (N-methyl/N-ethyl adjacent to an activating group) is 1. The van der Waals surface area contributed by atoms with Gasteiger partial charge in [0.2, 0.25) is 0 Å². The molecule has 0 amide bonds. The number of hydrogen-bond donors (Lipinski definition) is 1. The molecule has 0 aromatic carbocycles. The number of esters is 2. The Morgan fingerprint density at radius 1 is 0.411 bits per heavy atom. The maximum atomic E-state index is 12.8. The molecule has 2 unspecified atom stereocenters. The van der Waals surface area contributed by atoms with Gasteiger partial charge in [0.25, 0.3) is 0 Å². The molecule has 0 aliphatic heterocycles. The van der Waals surface area contributed by atoms with Crippen LogP contribution in [-0.4, -0.2) is 74.9 Å². The highest BCUT2D eigenvalue weighted by molar-refractivity contribution is 7.47. The molecule has 0 aromatic rings. The third kappa shape index (κ3) is 59.8. The van der Waals surface area contributed by atoms with Crippen molar-refractivity contribution in [3.63, 3.8) is 0 Å². The van der Waals surface area contributed by atoms with E-state index in [1.54, 1.807) is 0 Å². The summed E-state index contributed by atoms with van der Waals surface area (Å²) in [5.41, 5.74) is 0.